The lowest BCUT2D eigenvalue weighted by Crippen LogP contribution is -2.28. The molecule has 1 aliphatic heterocycles. The first-order valence-corrected chi connectivity index (χ1v) is 5.72. The van der Waals surface area contributed by atoms with E-state index in [1.807, 2.05) is 0 Å². The van der Waals surface area contributed by atoms with Gasteiger partial charge in [0, 0.05) is 33.7 Å². The van der Waals surface area contributed by atoms with E-state index in [1.165, 1.54) is 31.6 Å². The van der Waals surface area contributed by atoms with E-state index in [0.717, 1.165) is 19.6 Å². The minimum atomic E-state index is 0.990. The molecule has 0 bridgehead atoms. The second kappa shape index (κ2) is 5.89. The first kappa shape index (κ1) is 11.3. The Bertz CT molecular complexity index is 177. The standard InChI is InChI=1S/C11H23N3/c1-4-5-6-7-8-12-11-13(2)9-10-14(11)3/h4-10H2,1-3H3. The molecule has 1 rings (SSSR count). The highest BCUT2D eigenvalue weighted by Crippen LogP contribution is 2.05. The van der Waals surface area contributed by atoms with Crippen LogP contribution in [0.5, 0.6) is 0 Å². The summed E-state index contributed by atoms with van der Waals surface area (Å²) in [6.07, 6.45) is 5.20. The average molecular weight is 197 g/mol. The normalized spacial score (nSPS) is 16.6. The summed E-state index contributed by atoms with van der Waals surface area (Å²) >= 11 is 0. The number of unbranched alkanes of at least 4 members (excludes halogenated alkanes) is 3. The number of nitrogens with zero attached hydrogens (tertiary/aromatic N) is 3. The Balaban J connectivity index is 2.22. The number of likely N-dealkylation sites (N-methyl/N-ethyl adjacent to an activating group) is 2. The lowest BCUT2D eigenvalue weighted by Gasteiger charge is -2.15. The lowest BCUT2D eigenvalue weighted by molar-refractivity contribution is 0.553. The van der Waals surface area contributed by atoms with Crippen LogP contribution in [-0.4, -0.2) is 49.5 Å². The van der Waals surface area contributed by atoms with Crippen molar-refractivity contribution in [3.8, 4) is 0 Å². The predicted molar refractivity (Wildman–Crippen MR) is 61.7 cm³/mol. The van der Waals surface area contributed by atoms with Crippen LogP contribution in [-0.2, 0) is 0 Å². The fraction of sp³-hybridized carbons (Fsp3) is 0.909. The number of rotatable bonds is 5. The fourth-order valence-electron chi connectivity index (χ4n) is 1.75. The van der Waals surface area contributed by atoms with Crippen molar-refractivity contribution in [1.29, 1.82) is 0 Å². The lowest BCUT2D eigenvalue weighted by atomic mass is 10.2. The van der Waals surface area contributed by atoms with Gasteiger partial charge in [-0.3, -0.25) is 4.99 Å². The molecule has 0 saturated carbocycles. The van der Waals surface area contributed by atoms with E-state index >= 15 is 0 Å². The Hall–Kier alpha value is -0.730. The van der Waals surface area contributed by atoms with Crippen molar-refractivity contribution in [1.82, 2.24) is 9.80 Å². The van der Waals surface area contributed by atoms with Gasteiger partial charge in [-0.2, -0.15) is 0 Å². The van der Waals surface area contributed by atoms with E-state index in [4.69, 9.17) is 0 Å². The molecule has 1 saturated heterocycles. The monoisotopic (exact) mass is 197 g/mol. The van der Waals surface area contributed by atoms with Crippen LogP contribution in [0.4, 0.5) is 0 Å². The average Bonchev–Trinajstić information content (AvgIpc) is 2.48. The van der Waals surface area contributed by atoms with Gasteiger partial charge in [0.1, 0.15) is 0 Å². The molecule has 1 aliphatic rings. The maximum Gasteiger partial charge on any atom is 0.196 e. The molecule has 0 aromatic heterocycles. The van der Waals surface area contributed by atoms with Crippen molar-refractivity contribution in [2.24, 2.45) is 4.99 Å². The summed E-state index contributed by atoms with van der Waals surface area (Å²) in [5, 5.41) is 0. The number of hydrogen-bond acceptors (Lipinski definition) is 1. The van der Waals surface area contributed by atoms with Crippen LogP contribution in [0.25, 0.3) is 0 Å². The molecule has 0 aromatic carbocycles. The number of hydrogen-bond donors (Lipinski definition) is 0. The Morgan fingerprint density at radius 1 is 1.07 bits per heavy atom. The minimum Gasteiger partial charge on any atom is -0.344 e. The van der Waals surface area contributed by atoms with Gasteiger partial charge in [-0.05, 0) is 6.42 Å². The number of guanidine groups is 1. The summed E-state index contributed by atoms with van der Waals surface area (Å²) in [5.74, 6) is 1.17. The van der Waals surface area contributed by atoms with Gasteiger partial charge in [-0.15, -0.1) is 0 Å². The Morgan fingerprint density at radius 3 is 2.29 bits per heavy atom. The van der Waals surface area contributed by atoms with E-state index in [0.29, 0.717) is 0 Å². The van der Waals surface area contributed by atoms with Gasteiger partial charge in [-0.1, -0.05) is 26.2 Å². The van der Waals surface area contributed by atoms with E-state index in [9.17, 15) is 0 Å². The summed E-state index contributed by atoms with van der Waals surface area (Å²) in [7, 11) is 4.24. The van der Waals surface area contributed by atoms with Crippen molar-refractivity contribution in [2.45, 2.75) is 32.6 Å². The van der Waals surface area contributed by atoms with Crippen LogP contribution in [0, 0.1) is 0 Å². The highest BCUT2D eigenvalue weighted by atomic mass is 15.4. The molecule has 1 heterocycles. The summed E-state index contributed by atoms with van der Waals surface area (Å²) in [6.45, 7) is 5.46. The Labute approximate surface area is 87.8 Å². The van der Waals surface area contributed by atoms with Gasteiger partial charge < -0.3 is 9.80 Å². The zero-order chi connectivity index (χ0) is 10.4. The molecule has 3 nitrogen and oxygen atoms in total. The second-order valence-electron chi connectivity index (χ2n) is 4.09. The largest absolute Gasteiger partial charge is 0.344 e. The minimum absolute atomic E-state index is 0.990. The molecule has 0 atom stereocenters. The molecule has 0 aliphatic carbocycles. The van der Waals surface area contributed by atoms with Crippen molar-refractivity contribution < 1.29 is 0 Å². The van der Waals surface area contributed by atoms with Crippen LogP contribution in [0.3, 0.4) is 0 Å². The summed E-state index contributed by atoms with van der Waals surface area (Å²) in [5.41, 5.74) is 0. The Morgan fingerprint density at radius 2 is 1.71 bits per heavy atom. The third-order valence-electron chi connectivity index (χ3n) is 2.72. The summed E-state index contributed by atoms with van der Waals surface area (Å²) in [6, 6.07) is 0. The van der Waals surface area contributed by atoms with Crippen LogP contribution in [0.1, 0.15) is 32.6 Å². The van der Waals surface area contributed by atoms with Crippen LogP contribution in [0.2, 0.25) is 0 Å². The van der Waals surface area contributed by atoms with Gasteiger partial charge in [-0.25, -0.2) is 0 Å². The molecule has 0 radical (unpaired) electrons. The number of aliphatic imine (C=N–C) groups is 1. The molecule has 3 heteroatoms. The first-order valence-electron chi connectivity index (χ1n) is 5.72. The van der Waals surface area contributed by atoms with Gasteiger partial charge in [0.25, 0.3) is 0 Å². The molecule has 0 amide bonds. The summed E-state index contributed by atoms with van der Waals surface area (Å²) < 4.78 is 0. The molecule has 0 aromatic rings. The molecule has 82 valence electrons. The van der Waals surface area contributed by atoms with Crippen LogP contribution < -0.4 is 0 Å². The Kier molecular flexibility index (Phi) is 4.77. The van der Waals surface area contributed by atoms with Gasteiger partial charge >= 0.3 is 0 Å². The SMILES string of the molecule is CCCCCCN=C1N(C)CCN1C. The molecule has 0 N–H and O–H groups in total. The predicted octanol–water partition coefficient (Wildman–Crippen LogP) is 1.80. The van der Waals surface area contributed by atoms with Gasteiger partial charge in [0.05, 0.1) is 0 Å². The van der Waals surface area contributed by atoms with Crippen molar-refractivity contribution in [2.75, 3.05) is 33.7 Å². The maximum absolute atomic E-state index is 4.63. The smallest absolute Gasteiger partial charge is 0.196 e. The molecular formula is C11H23N3. The molecular weight excluding hydrogens is 174 g/mol. The van der Waals surface area contributed by atoms with E-state index in [-0.39, 0.29) is 0 Å². The second-order valence-corrected chi connectivity index (χ2v) is 4.09. The topological polar surface area (TPSA) is 18.8 Å². The molecule has 1 fully saturated rings. The fourth-order valence-corrected chi connectivity index (χ4v) is 1.75. The first-order chi connectivity index (χ1) is 6.75. The van der Waals surface area contributed by atoms with Crippen LogP contribution >= 0.6 is 0 Å². The zero-order valence-corrected chi connectivity index (χ0v) is 9.79. The highest BCUT2D eigenvalue weighted by Gasteiger charge is 2.18. The quantitative estimate of drug-likeness (QED) is 0.626. The molecule has 14 heavy (non-hydrogen) atoms. The van der Waals surface area contributed by atoms with Gasteiger partial charge in [0.15, 0.2) is 5.96 Å². The zero-order valence-electron chi connectivity index (χ0n) is 9.79. The van der Waals surface area contributed by atoms with Crippen molar-refractivity contribution in [3.05, 3.63) is 0 Å². The van der Waals surface area contributed by atoms with E-state index in [1.54, 1.807) is 0 Å². The third kappa shape index (κ3) is 3.20. The summed E-state index contributed by atoms with van der Waals surface area (Å²) in [4.78, 5) is 9.10. The third-order valence-corrected chi connectivity index (χ3v) is 2.72. The maximum atomic E-state index is 4.63. The van der Waals surface area contributed by atoms with Gasteiger partial charge in [0.2, 0.25) is 0 Å². The molecule has 0 spiro atoms. The van der Waals surface area contributed by atoms with E-state index < -0.39 is 0 Å². The van der Waals surface area contributed by atoms with Crippen LogP contribution in [0.15, 0.2) is 4.99 Å². The van der Waals surface area contributed by atoms with E-state index in [2.05, 4.69) is 35.8 Å². The van der Waals surface area contributed by atoms with Crippen molar-refractivity contribution in [3.63, 3.8) is 0 Å². The highest BCUT2D eigenvalue weighted by molar-refractivity contribution is 5.81. The van der Waals surface area contributed by atoms with Crippen molar-refractivity contribution >= 4 is 5.96 Å². The molecule has 0 unspecified atom stereocenters.